The van der Waals surface area contributed by atoms with Gasteiger partial charge in [0, 0.05) is 24.2 Å². The van der Waals surface area contributed by atoms with Crippen LogP contribution in [0.25, 0.3) is 0 Å². The number of rotatable bonds is 7. The van der Waals surface area contributed by atoms with Crippen molar-refractivity contribution in [2.45, 2.75) is 25.5 Å². The average Bonchev–Trinajstić information content (AvgIpc) is 3.47. The Morgan fingerprint density at radius 3 is 2.77 bits per heavy atom. The number of nitrogens with zero attached hydrogens (tertiary/aromatic N) is 2. The van der Waals surface area contributed by atoms with E-state index in [2.05, 4.69) is 5.16 Å². The van der Waals surface area contributed by atoms with Crippen molar-refractivity contribution < 1.29 is 23.5 Å². The zero-order chi connectivity index (χ0) is 21.8. The molecule has 8 heteroatoms. The summed E-state index contributed by atoms with van der Waals surface area (Å²) in [6.07, 6.45) is 1.79. The van der Waals surface area contributed by atoms with Crippen LogP contribution in [-0.4, -0.2) is 36.7 Å². The molecule has 0 saturated carbocycles. The molecule has 0 radical (unpaired) electrons. The molecule has 1 fully saturated rings. The van der Waals surface area contributed by atoms with E-state index in [9.17, 15) is 4.79 Å². The third kappa shape index (κ3) is 4.46. The van der Waals surface area contributed by atoms with Crippen molar-refractivity contribution in [3.05, 3.63) is 70.6 Å². The fourth-order valence-corrected chi connectivity index (χ4v) is 4.00. The number of methoxy groups -OCH3 is 2. The van der Waals surface area contributed by atoms with Gasteiger partial charge in [-0.05, 0) is 31.0 Å². The van der Waals surface area contributed by atoms with E-state index in [-0.39, 0.29) is 24.2 Å². The van der Waals surface area contributed by atoms with Crippen LogP contribution in [0, 0.1) is 0 Å². The van der Waals surface area contributed by atoms with Crippen molar-refractivity contribution in [1.29, 1.82) is 0 Å². The van der Waals surface area contributed by atoms with E-state index >= 15 is 0 Å². The quantitative estimate of drug-likeness (QED) is 0.518. The van der Waals surface area contributed by atoms with E-state index in [0.29, 0.717) is 28.8 Å². The highest BCUT2D eigenvalue weighted by molar-refractivity contribution is 6.32. The van der Waals surface area contributed by atoms with Gasteiger partial charge in [-0.1, -0.05) is 35.0 Å². The van der Waals surface area contributed by atoms with Gasteiger partial charge in [0.1, 0.15) is 23.9 Å². The summed E-state index contributed by atoms with van der Waals surface area (Å²) in [5.41, 5.74) is 1.25. The van der Waals surface area contributed by atoms with Gasteiger partial charge in [-0.2, -0.15) is 0 Å². The third-order valence-electron chi connectivity index (χ3n) is 5.30. The highest BCUT2D eigenvalue weighted by atomic mass is 35.5. The molecule has 3 aromatic rings. The highest BCUT2D eigenvalue weighted by Gasteiger charge is 2.33. The summed E-state index contributed by atoms with van der Waals surface area (Å²) in [6, 6.07) is 14.5. The molecule has 1 aromatic heterocycles. The molecular weight excluding hydrogens is 420 g/mol. The second-order valence-corrected chi connectivity index (χ2v) is 7.57. The van der Waals surface area contributed by atoms with Crippen LogP contribution >= 0.6 is 11.6 Å². The largest absolute Gasteiger partial charge is 0.497 e. The molecule has 31 heavy (non-hydrogen) atoms. The summed E-state index contributed by atoms with van der Waals surface area (Å²) in [5.74, 6) is 2.16. The van der Waals surface area contributed by atoms with E-state index in [4.69, 9.17) is 30.3 Å². The van der Waals surface area contributed by atoms with Crippen molar-refractivity contribution >= 4 is 17.5 Å². The molecule has 162 valence electrons. The lowest BCUT2D eigenvalue weighted by molar-refractivity contribution is 0.0723. The minimum atomic E-state index is -0.175. The Balaban J connectivity index is 1.45. The number of halogens is 1. The minimum Gasteiger partial charge on any atom is -0.497 e. The van der Waals surface area contributed by atoms with Crippen molar-refractivity contribution in [1.82, 2.24) is 10.1 Å². The van der Waals surface area contributed by atoms with Crippen LogP contribution in [0.4, 0.5) is 0 Å². The first kappa shape index (κ1) is 21.1. The van der Waals surface area contributed by atoms with Gasteiger partial charge < -0.3 is 23.6 Å². The first-order chi connectivity index (χ1) is 15.1. The number of hydrogen-bond donors (Lipinski definition) is 0. The Morgan fingerprint density at radius 1 is 1.16 bits per heavy atom. The standard InChI is InChI=1S/C23H23ClN2O5/c1-28-15-9-10-22(18(24)12-15)30-14-16-13-19(25-31-16)23(27)26-11-5-7-20(26)17-6-3-4-8-21(17)29-2/h3-4,6,8-10,12-13,20H,5,7,11,14H2,1-2H3. The van der Waals surface area contributed by atoms with Crippen LogP contribution in [0.5, 0.6) is 17.2 Å². The Labute approximate surface area is 185 Å². The normalized spacial score (nSPS) is 15.7. The van der Waals surface area contributed by atoms with Crippen LogP contribution in [0.2, 0.25) is 5.02 Å². The van der Waals surface area contributed by atoms with Crippen molar-refractivity contribution in [2.24, 2.45) is 0 Å². The van der Waals surface area contributed by atoms with Crippen LogP contribution in [0.1, 0.15) is 40.7 Å². The van der Waals surface area contributed by atoms with E-state index < -0.39 is 0 Å². The number of hydrogen-bond acceptors (Lipinski definition) is 6. The number of carbonyl (C=O) groups is 1. The molecule has 1 aliphatic heterocycles. The Morgan fingerprint density at radius 2 is 2.00 bits per heavy atom. The molecule has 1 saturated heterocycles. The summed E-state index contributed by atoms with van der Waals surface area (Å²) >= 11 is 6.19. The lowest BCUT2D eigenvalue weighted by Gasteiger charge is -2.25. The Hall–Kier alpha value is -3.19. The molecule has 7 nitrogen and oxygen atoms in total. The maximum absolute atomic E-state index is 13.1. The molecule has 1 amide bonds. The second-order valence-electron chi connectivity index (χ2n) is 7.16. The summed E-state index contributed by atoms with van der Waals surface area (Å²) in [4.78, 5) is 14.9. The summed E-state index contributed by atoms with van der Waals surface area (Å²) in [6.45, 7) is 0.754. The van der Waals surface area contributed by atoms with E-state index in [0.717, 1.165) is 24.2 Å². The van der Waals surface area contributed by atoms with Crippen LogP contribution < -0.4 is 14.2 Å². The van der Waals surface area contributed by atoms with Gasteiger partial charge in [-0.15, -0.1) is 0 Å². The van der Waals surface area contributed by atoms with Gasteiger partial charge in [0.2, 0.25) is 0 Å². The van der Waals surface area contributed by atoms with Gasteiger partial charge in [0.05, 0.1) is 25.3 Å². The zero-order valence-corrected chi connectivity index (χ0v) is 18.1. The van der Waals surface area contributed by atoms with Crippen LogP contribution in [0.15, 0.2) is 53.1 Å². The Bertz CT molecular complexity index is 1070. The minimum absolute atomic E-state index is 0.0573. The van der Waals surface area contributed by atoms with E-state index in [1.165, 1.54) is 0 Å². The number of ether oxygens (including phenoxy) is 3. The summed E-state index contributed by atoms with van der Waals surface area (Å²) in [5, 5.41) is 4.39. The smallest absolute Gasteiger partial charge is 0.276 e. The predicted octanol–water partition coefficient (Wildman–Crippen LogP) is 4.90. The molecular formula is C23H23ClN2O5. The predicted molar refractivity (Wildman–Crippen MR) is 115 cm³/mol. The van der Waals surface area contributed by atoms with Gasteiger partial charge in [0.15, 0.2) is 11.5 Å². The third-order valence-corrected chi connectivity index (χ3v) is 5.59. The number of likely N-dealkylation sites (tertiary alicyclic amines) is 1. The fourth-order valence-electron chi connectivity index (χ4n) is 3.78. The molecule has 0 spiro atoms. The molecule has 4 rings (SSSR count). The molecule has 1 atom stereocenters. The summed E-state index contributed by atoms with van der Waals surface area (Å²) in [7, 11) is 3.21. The molecule has 1 aliphatic rings. The topological polar surface area (TPSA) is 74.0 Å². The molecule has 1 unspecified atom stereocenters. The van der Waals surface area contributed by atoms with Crippen LogP contribution in [-0.2, 0) is 6.61 Å². The first-order valence-electron chi connectivity index (χ1n) is 9.96. The lowest BCUT2D eigenvalue weighted by atomic mass is 10.0. The molecule has 0 aliphatic carbocycles. The molecule has 2 heterocycles. The maximum Gasteiger partial charge on any atom is 0.276 e. The zero-order valence-electron chi connectivity index (χ0n) is 17.3. The SMILES string of the molecule is COc1ccc(OCc2cc(C(=O)N3CCCC3c3ccccc3OC)no2)c(Cl)c1. The van der Waals surface area contributed by atoms with Crippen molar-refractivity contribution in [3.63, 3.8) is 0 Å². The van der Waals surface area contributed by atoms with Gasteiger partial charge in [0.25, 0.3) is 5.91 Å². The lowest BCUT2D eigenvalue weighted by Crippen LogP contribution is -2.31. The van der Waals surface area contributed by atoms with Gasteiger partial charge >= 0.3 is 0 Å². The highest BCUT2D eigenvalue weighted by Crippen LogP contribution is 2.37. The number of benzene rings is 2. The number of carbonyl (C=O) groups excluding carboxylic acids is 1. The second kappa shape index (κ2) is 9.31. The number of para-hydroxylation sites is 1. The van der Waals surface area contributed by atoms with Crippen LogP contribution in [0.3, 0.4) is 0 Å². The van der Waals surface area contributed by atoms with Gasteiger partial charge in [-0.3, -0.25) is 4.79 Å². The Kier molecular flexibility index (Phi) is 6.32. The van der Waals surface area contributed by atoms with E-state index in [1.54, 1.807) is 38.5 Å². The van der Waals surface area contributed by atoms with Gasteiger partial charge in [-0.25, -0.2) is 0 Å². The monoisotopic (exact) mass is 442 g/mol. The van der Waals surface area contributed by atoms with Crippen molar-refractivity contribution in [3.8, 4) is 17.2 Å². The maximum atomic E-state index is 13.1. The fraction of sp³-hybridized carbons (Fsp3) is 0.304. The molecule has 0 N–H and O–H groups in total. The van der Waals surface area contributed by atoms with E-state index in [1.807, 2.05) is 29.2 Å². The summed E-state index contributed by atoms with van der Waals surface area (Å²) < 4.78 is 21.6. The van der Waals surface area contributed by atoms with Crippen molar-refractivity contribution in [2.75, 3.05) is 20.8 Å². The number of aromatic nitrogens is 1. The molecule has 2 aromatic carbocycles. The number of amides is 1. The first-order valence-corrected chi connectivity index (χ1v) is 10.3. The molecule has 0 bridgehead atoms. The average molecular weight is 443 g/mol.